The molecule has 0 aromatic heterocycles. The van der Waals surface area contributed by atoms with Gasteiger partial charge in [-0.25, -0.2) is 4.79 Å². The van der Waals surface area contributed by atoms with E-state index in [0.29, 0.717) is 5.57 Å². The summed E-state index contributed by atoms with van der Waals surface area (Å²) < 4.78 is 9.63. The summed E-state index contributed by atoms with van der Waals surface area (Å²) in [6.45, 7) is 7.13. The highest BCUT2D eigenvalue weighted by Crippen LogP contribution is 1.94. The fourth-order valence-electron chi connectivity index (χ4n) is 0.834. The van der Waals surface area contributed by atoms with Crippen LogP contribution in [0.4, 0.5) is 0 Å². The van der Waals surface area contributed by atoms with Crippen molar-refractivity contribution in [1.82, 2.24) is 5.32 Å². The zero-order chi connectivity index (χ0) is 11.8. The van der Waals surface area contributed by atoms with Crippen molar-refractivity contribution in [3.8, 4) is 0 Å². The van der Waals surface area contributed by atoms with Crippen molar-refractivity contribution in [1.29, 1.82) is 0 Å². The van der Waals surface area contributed by atoms with E-state index < -0.39 is 12.1 Å². The maximum atomic E-state index is 11.2. The van der Waals surface area contributed by atoms with Crippen LogP contribution in [0.3, 0.4) is 0 Å². The van der Waals surface area contributed by atoms with E-state index in [2.05, 4.69) is 11.9 Å². The molecule has 0 bridgehead atoms. The summed E-state index contributed by atoms with van der Waals surface area (Å²) in [7, 11) is 1.38. The molecule has 0 aromatic rings. The minimum Gasteiger partial charge on any atom is -0.464 e. The van der Waals surface area contributed by atoms with E-state index in [9.17, 15) is 9.59 Å². The number of amides is 1. The maximum absolute atomic E-state index is 11.2. The first-order valence-electron chi connectivity index (χ1n) is 4.66. The van der Waals surface area contributed by atoms with Crippen LogP contribution >= 0.6 is 0 Å². The Morgan fingerprint density at radius 3 is 2.47 bits per heavy atom. The van der Waals surface area contributed by atoms with E-state index >= 15 is 0 Å². The van der Waals surface area contributed by atoms with Crippen molar-refractivity contribution in [3.05, 3.63) is 12.2 Å². The van der Waals surface area contributed by atoms with Crippen LogP contribution in [0.25, 0.3) is 0 Å². The number of rotatable bonds is 6. The third kappa shape index (κ3) is 5.17. The van der Waals surface area contributed by atoms with Gasteiger partial charge in [0.15, 0.2) is 6.10 Å². The average molecular weight is 215 g/mol. The monoisotopic (exact) mass is 215 g/mol. The molecular formula is C10H17NO4. The fourth-order valence-corrected chi connectivity index (χ4v) is 0.834. The van der Waals surface area contributed by atoms with Crippen LogP contribution in [0.1, 0.15) is 13.8 Å². The summed E-state index contributed by atoms with van der Waals surface area (Å²) in [6.07, 6.45) is -0.770. The molecule has 5 heteroatoms. The lowest BCUT2D eigenvalue weighted by molar-refractivity contribution is -0.154. The molecule has 1 unspecified atom stereocenters. The Balaban J connectivity index is 4.05. The van der Waals surface area contributed by atoms with E-state index in [-0.39, 0.29) is 19.1 Å². The second kappa shape index (κ2) is 7.00. The molecule has 15 heavy (non-hydrogen) atoms. The van der Waals surface area contributed by atoms with Gasteiger partial charge in [-0.1, -0.05) is 6.58 Å². The van der Waals surface area contributed by atoms with Crippen LogP contribution in [-0.2, 0) is 19.1 Å². The number of carbonyl (C=O) groups excluding carboxylic acids is 2. The summed E-state index contributed by atoms with van der Waals surface area (Å²) in [5.41, 5.74) is 0.383. The molecule has 0 saturated carbocycles. The molecular weight excluding hydrogens is 198 g/mol. The lowest BCUT2D eigenvalue weighted by atomic mass is 10.3. The summed E-state index contributed by atoms with van der Waals surface area (Å²) in [5, 5.41) is 2.51. The predicted molar refractivity (Wildman–Crippen MR) is 55.3 cm³/mol. The molecule has 0 rings (SSSR count). The standard InChI is InChI=1S/C10H17NO4/c1-5-15-10(13)8(14-4)6-11-9(12)7(2)3/h8H,2,5-6H2,1,3-4H3,(H,11,12). The molecule has 0 aliphatic rings. The SMILES string of the molecule is C=C(C)C(=O)NCC(OC)C(=O)OCC. The van der Waals surface area contributed by atoms with Gasteiger partial charge in [0, 0.05) is 12.7 Å². The van der Waals surface area contributed by atoms with Crippen molar-refractivity contribution < 1.29 is 19.1 Å². The van der Waals surface area contributed by atoms with Crippen LogP contribution in [0.15, 0.2) is 12.2 Å². The molecule has 0 radical (unpaired) electrons. The molecule has 1 N–H and O–H groups in total. The summed E-state index contributed by atoms with van der Waals surface area (Å²) in [4.78, 5) is 22.4. The molecule has 0 aliphatic carbocycles. The number of ether oxygens (including phenoxy) is 2. The van der Waals surface area contributed by atoms with Gasteiger partial charge in [0.2, 0.25) is 5.91 Å². The van der Waals surface area contributed by atoms with Crippen molar-refractivity contribution in [2.75, 3.05) is 20.3 Å². The number of esters is 1. The maximum Gasteiger partial charge on any atom is 0.337 e. The van der Waals surface area contributed by atoms with Gasteiger partial charge in [0.05, 0.1) is 13.2 Å². The molecule has 86 valence electrons. The molecule has 0 aliphatic heterocycles. The van der Waals surface area contributed by atoms with Gasteiger partial charge in [0.25, 0.3) is 0 Å². The van der Waals surface area contributed by atoms with E-state index in [1.54, 1.807) is 13.8 Å². The van der Waals surface area contributed by atoms with Crippen molar-refractivity contribution in [2.45, 2.75) is 20.0 Å². The minimum atomic E-state index is -0.770. The van der Waals surface area contributed by atoms with Gasteiger partial charge in [-0.3, -0.25) is 4.79 Å². The van der Waals surface area contributed by atoms with Gasteiger partial charge >= 0.3 is 5.97 Å². The Hall–Kier alpha value is -1.36. The highest BCUT2D eigenvalue weighted by atomic mass is 16.6. The fraction of sp³-hybridized carbons (Fsp3) is 0.600. The van der Waals surface area contributed by atoms with Gasteiger partial charge in [-0.15, -0.1) is 0 Å². The Kier molecular flexibility index (Phi) is 6.37. The Morgan fingerprint density at radius 2 is 2.07 bits per heavy atom. The summed E-state index contributed by atoms with van der Waals surface area (Å²) >= 11 is 0. The number of nitrogens with one attached hydrogen (secondary N) is 1. The molecule has 0 heterocycles. The highest BCUT2D eigenvalue weighted by molar-refractivity contribution is 5.92. The van der Waals surface area contributed by atoms with Gasteiger partial charge in [-0.2, -0.15) is 0 Å². The van der Waals surface area contributed by atoms with Gasteiger partial charge in [-0.05, 0) is 13.8 Å². The number of carbonyl (C=O) groups is 2. The Bertz CT molecular complexity index is 250. The highest BCUT2D eigenvalue weighted by Gasteiger charge is 2.19. The smallest absolute Gasteiger partial charge is 0.337 e. The van der Waals surface area contributed by atoms with E-state index in [1.165, 1.54) is 7.11 Å². The van der Waals surface area contributed by atoms with Crippen LogP contribution in [0.2, 0.25) is 0 Å². The second-order valence-corrected chi connectivity index (χ2v) is 2.97. The average Bonchev–Trinajstić information content (AvgIpc) is 2.18. The first-order valence-corrected chi connectivity index (χ1v) is 4.66. The molecule has 0 saturated heterocycles. The third-order valence-corrected chi connectivity index (χ3v) is 1.67. The number of hydrogen-bond donors (Lipinski definition) is 1. The topological polar surface area (TPSA) is 64.6 Å². The minimum absolute atomic E-state index is 0.0844. The first-order chi connectivity index (χ1) is 7.02. The Labute approximate surface area is 89.4 Å². The first kappa shape index (κ1) is 13.6. The lowest BCUT2D eigenvalue weighted by Gasteiger charge is -2.14. The Morgan fingerprint density at radius 1 is 1.47 bits per heavy atom. The van der Waals surface area contributed by atoms with Crippen LogP contribution in [-0.4, -0.2) is 38.2 Å². The normalized spacial score (nSPS) is 11.7. The van der Waals surface area contributed by atoms with E-state index in [4.69, 9.17) is 9.47 Å². The van der Waals surface area contributed by atoms with Gasteiger partial charge < -0.3 is 14.8 Å². The number of hydrogen-bond acceptors (Lipinski definition) is 4. The predicted octanol–water partition coefficient (Wildman–Crippen LogP) is 0.257. The zero-order valence-corrected chi connectivity index (χ0v) is 9.33. The third-order valence-electron chi connectivity index (χ3n) is 1.67. The van der Waals surface area contributed by atoms with Gasteiger partial charge in [0.1, 0.15) is 0 Å². The summed E-state index contributed by atoms with van der Waals surface area (Å²) in [5.74, 6) is -0.789. The van der Waals surface area contributed by atoms with E-state index in [0.717, 1.165) is 0 Å². The second-order valence-electron chi connectivity index (χ2n) is 2.97. The molecule has 5 nitrogen and oxygen atoms in total. The van der Waals surface area contributed by atoms with Crippen molar-refractivity contribution in [2.24, 2.45) is 0 Å². The van der Waals surface area contributed by atoms with Crippen LogP contribution in [0, 0.1) is 0 Å². The zero-order valence-electron chi connectivity index (χ0n) is 9.33. The molecule has 0 aromatic carbocycles. The lowest BCUT2D eigenvalue weighted by Crippen LogP contribution is -2.39. The van der Waals surface area contributed by atoms with Crippen molar-refractivity contribution in [3.63, 3.8) is 0 Å². The van der Waals surface area contributed by atoms with Crippen LogP contribution in [0.5, 0.6) is 0 Å². The van der Waals surface area contributed by atoms with Crippen molar-refractivity contribution >= 4 is 11.9 Å². The largest absolute Gasteiger partial charge is 0.464 e. The summed E-state index contributed by atoms with van der Waals surface area (Å²) in [6, 6.07) is 0. The molecule has 0 fully saturated rings. The molecule has 1 atom stereocenters. The van der Waals surface area contributed by atoms with Crippen LogP contribution < -0.4 is 5.32 Å². The molecule has 1 amide bonds. The quantitative estimate of drug-likeness (QED) is 0.510. The van der Waals surface area contributed by atoms with E-state index in [1.807, 2.05) is 0 Å². The number of methoxy groups -OCH3 is 1. The molecule has 0 spiro atoms.